The average molecular weight is 286 g/mol. The van der Waals surface area contributed by atoms with Crippen LogP contribution in [-0.2, 0) is 24.3 Å². The van der Waals surface area contributed by atoms with Gasteiger partial charge in [0.1, 0.15) is 6.42 Å². The zero-order valence-electron chi connectivity index (χ0n) is 10.3. The highest BCUT2D eigenvalue weighted by atomic mass is 32.2. The predicted octanol–water partition coefficient (Wildman–Crippen LogP) is 0.226. The minimum Gasteiger partial charge on any atom is -0.466 e. The number of carbonyl (C=O) groups excluding carboxylic acids is 2. The van der Waals surface area contributed by atoms with Gasteiger partial charge in [0.25, 0.3) is 0 Å². The van der Waals surface area contributed by atoms with E-state index in [1.54, 1.807) is 6.92 Å². The van der Waals surface area contributed by atoms with Crippen molar-refractivity contribution in [2.75, 3.05) is 11.9 Å². The molecule has 1 aromatic carbocycles. The van der Waals surface area contributed by atoms with Crippen LogP contribution in [0, 0.1) is 0 Å². The molecule has 0 heterocycles. The normalized spacial score (nSPS) is 10.8. The van der Waals surface area contributed by atoms with Crippen molar-refractivity contribution in [1.29, 1.82) is 0 Å². The summed E-state index contributed by atoms with van der Waals surface area (Å²) < 4.78 is 26.9. The van der Waals surface area contributed by atoms with E-state index in [1.807, 2.05) is 0 Å². The molecule has 0 atom stereocenters. The Morgan fingerprint density at radius 3 is 2.63 bits per heavy atom. The second-order valence-electron chi connectivity index (χ2n) is 3.60. The van der Waals surface area contributed by atoms with Crippen LogP contribution in [0.5, 0.6) is 0 Å². The maximum atomic E-state index is 11.5. The second kappa shape index (κ2) is 6.30. The van der Waals surface area contributed by atoms with E-state index in [4.69, 9.17) is 5.14 Å². The van der Waals surface area contributed by atoms with Crippen molar-refractivity contribution in [3.63, 3.8) is 0 Å². The van der Waals surface area contributed by atoms with Crippen LogP contribution in [0.15, 0.2) is 29.2 Å². The molecule has 3 N–H and O–H groups in total. The zero-order valence-corrected chi connectivity index (χ0v) is 11.1. The molecule has 0 fully saturated rings. The monoisotopic (exact) mass is 286 g/mol. The molecule has 0 spiro atoms. The number of ether oxygens (including phenoxy) is 1. The number of hydrogen-bond acceptors (Lipinski definition) is 5. The summed E-state index contributed by atoms with van der Waals surface area (Å²) in [6.45, 7) is 1.82. The van der Waals surface area contributed by atoms with E-state index in [1.165, 1.54) is 24.3 Å². The van der Waals surface area contributed by atoms with Crippen LogP contribution in [0.3, 0.4) is 0 Å². The van der Waals surface area contributed by atoms with Crippen LogP contribution in [0.25, 0.3) is 0 Å². The van der Waals surface area contributed by atoms with Crippen LogP contribution in [-0.4, -0.2) is 26.9 Å². The Morgan fingerprint density at radius 2 is 2.05 bits per heavy atom. The topological polar surface area (TPSA) is 116 Å². The van der Waals surface area contributed by atoms with Crippen LogP contribution < -0.4 is 10.5 Å². The molecule has 1 amide bonds. The minimum absolute atomic E-state index is 0.124. The third-order valence-corrected chi connectivity index (χ3v) is 2.97. The van der Waals surface area contributed by atoms with Gasteiger partial charge in [0, 0.05) is 5.69 Å². The van der Waals surface area contributed by atoms with Gasteiger partial charge in [-0.3, -0.25) is 9.59 Å². The quantitative estimate of drug-likeness (QED) is 0.593. The molecule has 0 saturated heterocycles. The smallest absolute Gasteiger partial charge is 0.315 e. The van der Waals surface area contributed by atoms with E-state index < -0.39 is 28.3 Å². The summed E-state index contributed by atoms with van der Waals surface area (Å²) in [7, 11) is -3.84. The van der Waals surface area contributed by atoms with Crippen molar-refractivity contribution in [3.8, 4) is 0 Å². The maximum Gasteiger partial charge on any atom is 0.315 e. The number of primary sulfonamides is 1. The largest absolute Gasteiger partial charge is 0.466 e. The average Bonchev–Trinajstić information content (AvgIpc) is 2.28. The number of rotatable bonds is 5. The number of amides is 1. The van der Waals surface area contributed by atoms with Gasteiger partial charge in [0.2, 0.25) is 15.9 Å². The summed E-state index contributed by atoms with van der Waals surface area (Å²) in [4.78, 5) is 22.4. The van der Waals surface area contributed by atoms with Gasteiger partial charge in [-0.2, -0.15) is 0 Å². The van der Waals surface area contributed by atoms with Gasteiger partial charge in [-0.25, -0.2) is 13.6 Å². The molecule has 1 aromatic rings. The molecular weight excluding hydrogens is 272 g/mol. The van der Waals surface area contributed by atoms with Gasteiger partial charge in [0.05, 0.1) is 11.5 Å². The zero-order chi connectivity index (χ0) is 14.5. The molecule has 8 heteroatoms. The van der Waals surface area contributed by atoms with Gasteiger partial charge >= 0.3 is 5.97 Å². The number of anilines is 1. The van der Waals surface area contributed by atoms with E-state index in [0.29, 0.717) is 0 Å². The Balaban J connectivity index is 2.73. The van der Waals surface area contributed by atoms with Gasteiger partial charge < -0.3 is 10.1 Å². The first kappa shape index (κ1) is 15.1. The standard InChI is InChI=1S/C11H14N2O5S/c1-2-18-11(15)7-10(14)13-8-4-3-5-9(6-8)19(12,16)17/h3-6H,2,7H2,1H3,(H,13,14)(H2,12,16,17). The van der Waals surface area contributed by atoms with Crippen molar-refractivity contribution in [2.24, 2.45) is 5.14 Å². The van der Waals surface area contributed by atoms with Gasteiger partial charge in [0.15, 0.2) is 0 Å². The number of nitrogens with one attached hydrogen (secondary N) is 1. The molecule has 0 aromatic heterocycles. The lowest BCUT2D eigenvalue weighted by Gasteiger charge is -2.06. The fourth-order valence-corrected chi connectivity index (χ4v) is 1.86. The Kier molecular flexibility index (Phi) is 5.02. The molecule has 0 saturated carbocycles. The van der Waals surface area contributed by atoms with Crippen molar-refractivity contribution in [2.45, 2.75) is 18.2 Å². The van der Waals surface area contributed by atoms with Crippen LogP contribution in [0.1, 0.15) is 13.3 Å². The molecular formula is C11H14N2O5S. The van der Waals surface area contributed by atoms with E-state index >= 15 is 0 Å². The fraction of sp³-hybridized carbons (Fsp3) is 0.273. The van der Waals surface area contributed by atoms with Gasteiger partial charge in [-0.1, -0.05) is 6.07 Å². The number of hydrogen-bond donors (Lipinski definition) is 2. The van der Waals surface area contributed by atoms with Crippen LogP contribution in [0.2, 0.25) is 0 Å². The first-order valence-corrected chi connectivity index (χ1v) is 6.96. The summed E-state index contributed by atoms with van der Waals surface area (Å²) >= 11 is 0. The summed E-state index contributed by atoms with van der Waals surface area (Å²) in [5.41, 5.74) is 0.237. The van der Waals surface area contributed by atoms with E-state index in [2.05, 4.69) is 10.1 Å². The highest BCUT2D eigenvalue weighted by Gasteiger charge is 2.12. The molecule has 0 radical (unpaired) electrons. The molecule has 0 aliphatic carbocycles. The van der Waals surface area contributed by atoms with E-state index in [9.17, 15) is 18.0 Å². The minimum atomic E-state index is -3.84. The van der Waals surface area contributed by atoms with Crippen molar-refractivity contribution in [3.05, 3.63) is 24.3 Å². The summed E-state index contributed by atoms with van der Waals surface area (Å²) in [5.74, 6) is -1.24. The molecule has 0 aliphatic rings. The molecule has 0 aliphatic heterocycles. The van der Waals surface area contributed by atoms with Gasteiger partial charge in [-0.15, -0.1) is 0 Å². The fourth-order valence-electron chi connectivity index (χ4n) is 1.30. The summed E-state index contributed by atoms with van der Waals surface area (Å²) in [6.07, 6.45) is -0.437. The maximum absolute atomic E-state index is 11.5. The first-order valence-electron chi connectivity index (χ1n) is 5.41. The Hall–Kier alpha value is -1.93. The third-order valence-electron chi connectivity index (χ3n) is 2.06. The summed E-state index contributed by atoms with van der Waals surface area (Å²) in [5, 5.41) is 7.35. The molecule has 0 bridgehead atoms. The third kappa shape index (κ3) is 5.06. The Labute approximate surface area is 110 Å². The number of esters is 1. The van der Waals surface area contributed by atoms with Crippen LogP contribution >= 0.6 is 0 Å². The van der Waals surface area contributed by atoms with E-state index in [-0.39, 0.29) is 17.2 Å². The highest BCUT2D eigenvalue weighted by molar-refractivity contribution is 7.89. The van der Waals surface area contributed by atoms with E-state index in [0.717, 1.165) is 0 Å². The predicted molar refractivity (Wildman–Crippen MR) is 67.7 cm³/mol. The van der Waals surface area contributed by atoms with Crippen LogP contribution in [0.4, 0.5) is 5.69 Å². The number of benzene rings is 1. The lowest BCUT2D eigenvalue weighted by atomic mass is 10.3. The Bertz CT molecular complexity index is 583. The van der Waals surface area contributed by atoms with Crippen molar-refractivity contribution >= 4 is 27.6 Å². The van der Waals surface area contributed by atoms with Crippen molar-refractivity contribution in [1.82, 2.24) is 0 Å². The number of sulfonamides is 1. The van der Waals surface area contributed by atoms with Crippen molar-refractivity contribution < 1.29 is 22.7 Å². The SMILES string of the molecule is CCOC(=O)CC(=O)Nc1cccc(S(N)(=O)=O)c1. The lowest BCUT2D eigenvalue weighted by Crippen LogP contribution is -2.18. The first-order chi connectivity index (χ1) is 8.82. The highest BCUT2D eigenvalue weighted by Crippen LogP contribution is 2.14. The molecule has 0 unspecified atom stereocenters. The molecule has 7 nitrogen and oxygen atoms in total. The molecule has 104 valence electrons. The Morgan fingerprint density at radius 1 is 1.37 bits per heavy atom. The lowest BCUT2D eigenvalue weighted by molar-refractivity contribution is -0.145. The molecule has 19 heavy (non-hydrogen) atoms. The second-order valence-corrected chi connectivity index (χ2v) is 5.16. The van der Waals surface area contributed by atoms with Gasteiger partial charge in [-0.05, 0) is 25.1 Å². The summed E-state index contributed by atoms with van der Waals surface area (Å²) in [6, 6.07) is 5.42. The number of carbonyl (C=O) groups is 2. The number of nitrogens with two attached hydrogens (primary N) is 1. The molecule has 1 rings (SSSR count).